The van der Waals surface area contributed by atoms with Gasteiger partial charge in [-0.05, 0) is 43.3 Å². The summed E-state index contributed by atoms with van der Waals surface area (Å²) < 4.78 is 12.3. The average molecular weight is 312 g/mol. The molecule has 2 aromatic heterocycles. The first-order valence-corrected chi connectivity index (χ1v) is 7.14. The second-order valence-electron chi connectivity index (χ2n) is 4.75. The zero-order valence-corrected chi connectivity index (χ0v) is 12.8. The van der Waals surface area contributed by atoms with Crippen LogP contribution in [0.15, 0.2) is 47.1 Å². The first-order valence-electron chi connectivity index (χ1n) is 7.14. The van der Waals surface area contributed by atoms with E-state index in [0.717, 1.165) is 11.3 Å². The highest BCUT2D eigenvalue weighted by Crippen LogP contribution is 2.24. The van der Waals surface area contributed by atoms with Gasteiger partial charge in [-0.15, -0.1) is 0 Å². The van der Waals surface area contributed by atoms with E-state index < -0.39 is 0 Å². The third-order valence-electron chi connectivity index (χ3n) is 3.34. The van der Waals surface area contributed by atoms with Crippen molar-refractivity contribution in [1.29, 1.82) is 0 Å². The maximum absolute atomic E-state index is 12.2. The molecule has 0 bridgehead atoms. The lowest BCUT2D eigenvalue weighted by molar-refractivity contribution is 0.0996. The molecule has 0 spiro atoms. The summed E-state index contributed by atoms with van der Waals surface area (Å²) in [6, 6.07) is 10.8. The summed E-state index contributed by atoms with van der Waals surface area (Å²) in [6.07, 6.45) is 1.39. The van der Waals surface area contributed by atoms with Crippen LogP contribution >= 0.6 is 0 Å². The van der Waals surface area contributed by atoms with Crippen molar-refractivity contribution in [1.82, 2.24) is 14.8 Å². The largest absolute Gasteiger partial charge is 0.497 e. The van der Waals surface area contributed by atoms with Gasteiger partial charge in [0.05, 0.1) is 7.11 Å². The Morgan fingerprint density at radius 3 is 2.74 bits per heavy atom. The Hall–Kier alpha value is -3.09. The predicted octanol–water partition coefficient (Wildman–Crippen LogP) is 2.82. The van der Waals surface area contributed by atoms with Crippen molar-refractivity contribution in [2.24, 2.45) is 0 Å². The van der Waals surface area contributed by atoms with Gasteiger partial charge in [0.25, 0.3) is 5.91 Å². The molecule has 118 valence electrons. The summed E-state index contributed by atoms with van der Waals surface area (Å²) in [5.74, 6) is 1.60. The maximum atomic E-state index is 12.2. The number of rotatable bonds is 5. The molecule has 0 saturated carbocycles. The van der Waals surface area contributed by atoms with Gasteiger partial charge in [0, 0.05) is 12.1 Å². The SMILES string of the molecule is CCn1ncnc1NC(=O)c1ccc(-c2ccc(OC)cc2)o1. The van der Waals surface area contributed by atoms with E-state index in [-0.39, 0.29) is 11.7 Å². The minimum absolute atomic E-state index is 0.210. The lowest BCUT2D eigenvalue weighted by atomic mass is 10.2. The molecule has 3 aromatic rings. The Morgan fingerprint density at radius 1 is 1.26 bits per heavy atom. The number of aryl methyl sites for hydroxylation is 1. The van der Waals surface area contributed by atoms with E-state index in [4.69, 9.17) is 9.15 Å². The van der Waals surface area contributed by atoms with E-state index in [0.29, 0.717) is 18.3 Å². The second-order valence-corrected chi connectivity index (χ2v) is 4.75. The van der Waals surface area contributed by atoms with Gasteiger partial charge in [-0.3, -0.25) is 10.1 Å². The fraction of sp³-hybridized carbons (Fsp3) is 0.188. The number of carbonyl (C=O) groups is 1. The van der Waals surface area contributed by atoms with Gasteiger partial charge < -0.3 is 9.15 Å². The van der Waals surface area contributed by atoms with Gasteiger partial charge in [0.1, 0.15) is 17.8 Å². The Kier molecular flexibility index (Phi) is 4.09. The van der Waals surface area contributed by atoms with Gasteiger partial charge in [0.15, 0.2) is 5.76 Å². The van der Waals surface area contributed by atoms with E-state index in [2.05, 4.69) is 15.4 Å². The van der Waals surface area contributed by atoms with Gasteiger partial charge in [-0.1, -0.05) is 0 Å². The molecule has 1 amide bonds. The molecule has 0 atom stereocenters. The smallest absolute Gasteiger partial charge is 0.293 e. The van der Waals surface area contributed by atoms with Crippen LogP contribution in [0, 0.1) is 0 Å². The number of hydrogen-bond acceptors (Lipinski definition) is 5. The van der Waals surface area contributed by atoms with Crippen LogP contribution in [-0.2, 0) is 6.54 Å². The highest BCUT2D eigenvalue weighted by Gasteiger charge is 2.15. The third-order valence-corrected chi connectivity index (χ3v) is 3.34. The molecular weight excluding hydrogens is 296 g/mol. The number of ether oxygens (including phenoxy) is 1. The number of amides is 1. The summed E-state index contributed by atoms with van der Waals surface area (Å²) in [6.45, 7) is 2.53. The number of nitrogens with zero attached hydrogens (tertiary/aromatic N) is 3. The first-order chi connectivity index (χ1) is 11.2. The molecular formula is C16H16N4O3. The number of furan rings is 1. The van der Waals surface area contributed by atoms with Crippen LogP contribution in [0.3, 0.4) is 0 Å². The maximum Gasteiger partial charge on any atom is 0.293 e. The van der Waals surface area contributed by atoms with E-state index in [1.54, 1.807) is 23.9 Å². The van der Waals surface area contributed by atoms with Crippen molar-refractivity contribution in [2.75, 3.05) is 12.4 Å². The minimum Gasteiger partial charge on any atom is -0.497 e. The second kappa shape index (κ2) is 6.35. The number of benzene rings is 1. The third kappa shape index (κ3) is 3.08. The summed E-state index contributed by atoms with van der Waals surface area (Å²) in [4.78, 5) is 16.2. The zero-order chi connectivity index (χ0) is 16.2. The van der Waals surface area contributed by atoms with Crippen LogP contribution in [0.2, 0.25) is 0 Å². The van der Waals surface area contributed by atoms with Gasteiger partial charge >= 0.3 is 0 Å². The Morgan fingerprint density at radius 2 is 2.04 bits per heavy atom. The summed E-state index contributed by atoms with van der Waals surface area (Å²) >= 11 is 0. The van der Waals surface area contributed by atoms with Crippen molar-refractivity contribution in [3.63, 3.8) is 0 Å². The molecule has 3 rings (SSSR count). The van der Waals surface area contributed by atoms with Crippen molar-refractivity contribution >= 4 is 11.9 Å². The van der Waals surface area contributed by atoms with Crippen LogP contribution in [-0.4, -0.2) is 27.8 Å². The zero-order valence-electron chi connectivity index (χ0n) is 12.8. The molecule has 1 N–H and O–H groups in total. The topological polar surface area (TPSA) is 82.2 Å². The molecule has 7 heteroatoms. The van der Waals surface area contributed by atoms with Gasteiger partial charge in [-0.2, -0.15) is 10.1 Å². The Balaban J connectivity index is 1.76. The van der Waals surface area contributed by atoms with Gasteiger partial charge in [-0.25, -0.2) is 4.68 Å². The number of hydrogen-bond donors (Lipinski definition) is 1. The summed E-state index contributed by atoms with van der Waals surface area (Å²) in [5, 5.41) is 6.68. The minimum atomic E-state index is -0.368. The molecule has 0 aliphatic carbocycles. The first kappa shape index (κ1) is 14.8. The van der Waals surface area contributed by atoms with Crippen LogP contribution in [0.5, 0.6) is 5.75 Å². The Bertz CT molecular complexity index is 805. The van der Waals surface area contributed by atoms with Crippen molar-refractivity contribution in [2.45, 2.75) is 13.5 Å². The van der Waals surface area contributed by atoms with Crippen molar-refractivity contribution in [3.8, 4) is 17.1 Å². The quantitative estimate of drug-likeness (QED) is 0.783. The van der Waals surface area contributed by atoms with Crippen molar-refractivity contribution < 1.29 is 13.9 Å². The molecule has 0 aliphatic heterocycles. The molecule has 7 nitrogen and oxygen atoms in total. The lowest BCUT2D eigenvalue weighted by Gasteiger charge is -2.03. The fourth-order valence-electron chi connectivity index (χ4n) is 2.13. The molecule has 1 aromatic carbocycles. The van der Waals surface area contributed by atoms with Crippen LogP contribution in [0.25, 0.3) is 11.3 Å². The predicted molar refractivity (Wildman–Crippen MR) is 84.3 cm³/mol. The number of anilines is 1. The van der Waals surface area contributed by atoms with Crippen LogP contribution in [0.4, 0.5) is 5.95 Å². The molecule has 0 fully saturated rings. The summed E-state index contributed by atoms with van der Waals surface area (Å²) in [7, 11) is 1.61. The van der Waals surface area contributed by atoms with E-state index >= 15 is 0 Å². The monoisotopic (exact) mass is 312 g/mol. The highest BCUT2D eigenvalue weighted by molar-refractivity contribution is 6.01. The Labute approximate surface area is 132 Å². The average Bonchev–Trinajstić information content (AvgIpc) is 3.24. The number of methoxy groups -OCH3 is 1. The molecule has 0 aliphatic rings. The lowest BCUT2D eigenvalue weighted by Crippen LogP contribution is -2.15. The highest BCUT2D eigenvalue weighted by atomic mass is 16.5. The standard InChI is InChI=1S/C16H16N4O3/c1-3-20-16(17-10-18-20)19-15(21)14-9-8-13(23-14)11-4-6-12(22-2)7-5-11/h4-10H,3H2,1-2H3,(H,17,18,19,21). The fourth-order valence-corrected chi connectivity index (χ4v) is 2.13. The van der Waals surface area contributed by atoms with E-state index in [1.807, 2.05) is 31.2 Å². The number of nitrogens with one attached hydrogen (secondary N) is 1. The van der Waals surface area contributed by atoms with Crippen LogP contribution < -0.4 is 10.1 Å². The molecule has 2 heterocycles. The molecule has 23 heavy (non-hydrogen) atoms. The molecule has 0 unspecified atom stereocenters. The van der Waals surface area contributed by atoms with Gasteiger partial charge in [0.2, 0.25) is 5.95 Å². The normalized spacial score (nSPS) is 10.5. The number of carbonyl (C=O) groups excluding carboxylic acids is 1. The van der Waals surface area contributed by atoms with Crippen molar-refractivity contribution in [3.05, 3.63) is 48.5 Å². The number of aromatic nitrogens is 3. The molecule has 0 radical (unpaired) electrons. The van der Waals surface area contributed by atoms with E-state index in [9.17, 15) is 4.79 Å². The molecule has 0 saturated heterocycles. The summed E-state index contributed by atoms with van der Waals surface area (Å²) in [5.41, 5.74) is 0.863. The van der Waals surface area contributed by atoms with Crippen LogP contribution in [0.1, 0.15) is 17.5 Å². The van der Waals surface area contributed by atoms with E-state index in [1.165, 1.54) is 6.33 Å².